The Morgan fingerprint density at radius 2 is 1.71 bits per heavy atom. The third-order valence-electron chi connectivity index (χ3n) is 5.55. The Morgan fingerprint density at radius 3 is 2.38 bits per heavy atom. The number of likely N-dealkylation sites (N-methyl/N-ethyl adjacent to an activating group) is 2. The van der Waals surface area contributed by atoms with Crippen molar-refractivity contribution in [2.75, 3.05) is 20.1 Å². The van der Waals surface area contributed by atoms with Crippen molar-refractivity contribution in [3.63, 3.8) is 0 Å². The van der Waals surface area contributed by atoms with Crippen molar-refractivity contribution in [3.05, 3.63) is 76.8 Å². The second-order valence-electron chi connectivity index (χ2n) is 7.99. The number of benzene rings is 3. The molecule has 0 spiro atoms. The molecule has 0 aromatic heterocycles. The van der Waals surface area contributed by atoms with E-state index in [1.54, 1.807) is 26.0 Å². The van der Waals surface area contributed by atoms with Crippen LogP contribution in [-0.4, -0.2) is 55.6 Å². The maximum Gasteiger partial charge on any atom is 0.243 e. The molecule has 34 heavy (non-hydrogen) atoms. The van der Waals surface area contributed by atoms with E-state index in [-0.39, 0.29) is 17.3 Å². The van der Waals surface area contributed by atoms with Crippen molar-refractivity contribution in [1.29, 1.82) is 0 Å². The minimum atomic E-state index is -3.92. The molecule has 3 aromatic carbocycles. The van der Waals surface area contributed by atoms with Crippen LogP contribution in [0, 0.1) is 0 Å². The van der Waals surface area contributed by atoms with Crippen LogP contribution in [0.2, 0.25) is 0 Å². The highest BCUT2D eigenvalue weighted by Crippen LogP contribution is 2.22. The van der Waals surface area contributed by atoms with Gasteiger partial charge in [0.1, 0.15) is 6.04 Å². The zero-order valence-corrected chi connectivity index (χ0v) is 21.8. The van der Waals surface area contributed by atoms with Crippen molar-refractivity contribution in [1.82, 2.24) is 14.5 Å². The predicted octanol–water partition coefficient (Wildman–Crippen LogP) is 3.78. The first-order chi connectivity index (χ1) is 16.1. The summed E-state index contributed by atoms with van der Waals surface area (Å²) in [6.07, 6.45) is 0. The first-order valence-electron chi connectivity index (χ1n) is 10.9. The number of nitrogens with zero attached hydrogens (tertiary/aromatic N) is 2. The van der Waals surface area contributed by atoms with Gasteiger partial charge in [-0.2, -0.15) is 4.31 Å². The molecular weight excluding hydrogens is 518 g/mol. The maximum absolute atomic E-state index is 13.3. The van der Waals surface area contributed by atoms with Crippen LogP contribution in [0.1, 0.15) is 19.4 Å². The van der Waals surface area contributed by atoms with E-state index >= 15 is 0 Å². The van der Waals surface area contributed by atoms with Crippen molar-refractivity contribution < 1.29 is 18.0 Å². The molecule has 0 saturated carbocycles. The van der Waals surface area contributed by atoms with Crippen LogP contribution < -0.4 is 5.32 Å². The van der Waals surface area contributed by atoms with Crippen molar-refractivity contribution in [3.8, 4) is 0 Å². The predicted molar refractivity (Wildman–Crippen MR) is 137 cm³/mol. The van der Waals surface area contributed by atoms with E-state index in [1.165, 1.54) is 18.0 Å². The molecule has 1 N–H and O–H groups in total. The molecule has 7 nitrogen and oxygen atoms in total. The van der Waals surface area contributed by atoms with Gasteiger partial charge < -0.3 is 10.2 Å². The monoisotopic (exact) mass is 545 g/mol. The Kier molecular flexibility index (Phi) is 8.46. The van der Waals surface area contributed by atoms with Gasteiger partial charge in [0.2, 0.25) is 21.8 Å². The number of carbonyl (C=O) groups is 2. The molecule has 1 atom stereocenters. The molecule has 0 aliphatic heterocycles. The van der Waals surface area contributed by atoms with Crippen LogP contribution >= 0.6 is 15.9 Å². The van der Waals surface area contributed by atoms with Crippen molar-refractivity contribution >= 4 is 48.5 Å². The number of rotatable bonds is 9. The summed E-state index contributed by atoms with van der Waals surface area (Å²) in [5.41, 5.74) is 0.818. The summed E-state index contributed by atoms with van der Waals surface area (Å²) in [6.45, 7) is 3.64. The molecule has 0 unspecified atom stereocenters. The number of nitrogens with one attached hydrogen (secondary N) is 1. The van der Waals surface area contributed by atoms with Gasteiger partial charge in [-0.25, -0.2) is 8.42 Å². The van der Waals surface area contributed by atoms with Crippen molar-refractivity contribution in [2.45, 2.75) is 31.3 Å². The standard InChI is InChI=1S/C25H28BrN3O4S/c1-4-27-25(31)18(2)29(16-19-8-7-11-22(26)14-19)24(30)17-28(3)34(32,33)23-13-12-20-9-5-6-10-21(20)15-23/h5-15,18H,4,16-17H2,1-3H3,(H,27,31)/t18-/m0/s1. The zero-order chi connectivity index (χ0) is 24.9. The molecule has 2 amide bonds. The highest BCUT2D eigenvalue weighted by Gasteiger charge is 2.30. The first kappa shape index (κ1) is 25.9. The van der Waals surface area contributed by atoms with E-state index in [2.05, 4.69) is 21.2 Å². The van der Waals surface area contributed by atoms with E-state index in [4.69, 9.17) is 0 Å². The number of hydrogen-bond donors (Lipinski definition) is 1. The second kappa shape index (κ2) is 11.1. The highest BCUT2D eigenvalue weighted by atomic mass is 79.9. The van der Waals surface area contributed by atoms with Gasteiger partial charge in [0.05, 0.1) is 11.4 Å². The van der Waals surface area contributed by atoms with Gasteiger partial charge in [0, 0.05) is 24.6 Å². The molecule has 3 rings (SSSR count). The molecule has 0 heterocycles. The van der Waals surface area contributed by atoms with Crippen LogP contribution in [0.15, 0.2) is 76.1 Å². The van der Waals surface area contributed by atoms with E-state index in [9.17, 15) is 18.0 Å². The molecule has 9 heteroatoms. The molecule has 0 radical (unpaired) electrons. The molecule has 0 aliphatic rings. The molecule has 3 aromatic rings. The van der Waals surface area contributed by atoms with Crippen molar-refractivity contribution in [2.24, 2.45) is 0 Å². The Bertz CT molecular complexity index is 1300. The number of halogens is 1. The third kappa shape index (κ3) is 6.02. The molecule has 0 bridgehead atoms. The van der Waals surface area contributed by atoms with Gasteiger partial charge >= 0.3 is 0 Å². The first-order valence-corrected chi connectivity index (χ1v) is 13.1. The minimum absolute atomic E-state index is 0.108. The van der Waals surface area contributed by atoms with Crippen LogP contribution in [0.5, 0.6) is 0 Å². The molecule has 180 valence electrons. The van der Waals surface area contributed by atoms with Gasteiger partial charge in [-0.1, -0.05) is 58.4 Å². The summed E-state index contributed by atoms with van der Waals surface area (Å²) in [5, 5.41) is 4.45. The van der Waals surface area contributed by atoms with E-state index in [0.717, 1.165) is 25.1 Å². The van der Waals surface area contributed by atoms with E-state index < -0.39 is 28.5 Å². The number of hydrogen-bond acceptors (Lipinski definition) is 4. The summed E-state index contributed by atoms with van der Waals surface area (Å²) in [7, 11) is -2.55. The van der Waals surface area contributed by atoms with Gasteiger partial charge in [0.15, 0.2) is 0 Å². The molecule has 0 saturated heterocycles. The second-order valence-corrected chi connectivity index (χ2v) is 11.0. The third-order valence-corrected chi connectivity index (χ3v) is 7.84. The summed E-state index contributed by atoms with van der Waals surface area (Å²) < 4.78 is 28.3. The Morgan fingerprint density at radius 1 is 1.00 bits per heavy atom. The maximum atomic E-state index is 13.3. The Labute approximate surface area is 208 Å². The highest BCUT2D eigenvalue weighted by molar-refractivity contribution is 9.10. The van der Waals surface area contributed by atoms with Crippen LogP contribution in [0.3, 0.4) is 0 Å². The topological polar surface area (TPSA) is 86.8 Å². The molecule has 0 fully saturated rings. The zero-order valence-electron chi connectivity index (χ0n) is 19.4. The number of sulfonamides is 1. The SMILES string of the molecule is CCNC(=O)[C@H](C)N(Cc1cccc(Br)c1)C(=O)CN(C)S(=O)(=O)c1ccc2ccccc2c1. The summed E-state index contributed by atoms with van der Waals surface area (Å²) in [4.78, 5) is 27.4. The Hall–Kier alpha value is -2.75. The summed E-state index contributed by atoms with van der Waals surface area (Å²) in [5.74, 6) is -0.767. The fourth-order valence-electron chi connectivity index (χ4n) is 3.61. The average Bonchev–Trinajstić information content (AvgIpc) is 2.81. The van der Waals surface area contributed by atoms with E-state index in [1.807, 2.05) is 48.5 Å². The molecular formula is C25H28BrN3O4S. The lowest BCUT2D eigenvalue weighted by Crippen LogP contribution is -2.50. The summed E-state index contributed by atoms with van der Waals surface area (Å²) >= 11 is 3.42. The number of carbonyl (C=O) groups excluding carboxylic acids is 2. The van der Waals surface area contributed by atoms with Gasteiger partial charge in [0.25, 0.3) is 0 Å². The lowest BCUT2D eigenvalue weighted by Gasteiger charge is -2.30. The average molecular weight is 546 g/mol. The Balaban J connectivity index is 1.85. The smallest absolute Gasteiger partial charge is 0.243 e. The normalized spacial score (nSPS) is 12.5. The fraction of sp³-hybridized carbons (Fsp3) is 0.280. The fourth-order valence-corrected chi connectivity index (χ4v) is 5.21. The van der Waals surface area contributed by atoms with Gasteiger partial charge in [-0.3, -0.25) is 9.59 Å². The largest absolute Gasteiger partial charge is 0.355 e. The molecule has 0 aliphatic carbocycles. The number of amides is 2. The number of fused-ring (bicyclic) bond motifs is 1. The minimum Gasteiger partial charge on any atom is -0.355 e. The summed E-state index contributed by atoms with van der Waals surface area (Å²) in [6, 6.07) is 19.0. The lowest BCUT2D eigenvalue weighted by molar-refractivity contribution is -0.140. The lowest BCUT2D eigenvalue weighted by atomic mass is 10.1. The van der Waals surface area contributed by atoms with Gasteiger partial charge in [-0.05, 0) is 54.4 Å². The van der Waals surface area contributed by atoms with E-state index in [0.29, 0.717) is 6.54 Å². The van der Waals surface area contributed by atoms with Gasteiger partial charge in [-0.15, -0.1) is 0 Å². The van der Waals surface area contributed by atoms with Crippen LogP contribution in [0.25, 0.3) is 10.8 Å². The quantitative estimate of drug-likeness (QED) is 0.443. The van der Waals surface area contributed by atoms with Crippen LogP contribution in [0.4, 0.5) is 0 Å². The van der Waals surface area contributed by atoms with Crippen LogP contribution in [-0.2, 0) is 26.2 Å².